The smallest absolute Gasteiger partial charge is 0.265 e. The monoisotopic (exact) mass is 299 g/mol. The molecule has 0 fully saturated rings. The number of hydrogen-bond donors (Lipinski definition) is 0. The van der Waals surface area contributed by atoms with Gasteiger partial charge in [0.1, 0.15) is 6.07 Å². The van der Waals surface area contributed by atoms with Crippen molar-refractivity contribution in [3.8, 4) is 6.07 Å². The summed E-state index contributed by atoms with van der Waals surface area (Å²) in [5.41, 5.74) is 2.17. The predicted molar refractivity (Wildman–Crippen MR) is 80.4 cm³/mol. The average molecular weight is 300 g/mol. The number of nitrogens with zero attached hydrogens (tertiary/aromatic N) is 3. The summed E-state index contributed by atoms with van der Waals surface area (Å²) in [5, 5.41) is 20.3. The molecule has 104 valence electrons. The van der Waals surface area contributed by atoms with Gasteiger partial charge in [-0.25, -0.2) is 0 Å². The highest BCUT2D eigenvalue weighted by atomic mass is 35.5. The van der Waals surface area contributed by atoms with Gasteiger partial charge in [0, 0.05) is 24.5 Å². The van der Waals surface area contributed by atoms with Crippen molar-refractivity contribution in [1.29, 1.82) is 5.26 Å². The normalized spacial score (nSPS) is 11.5. The lowest BCUT2D eigenvalue weighted by Crippen LogP contribution is -1.93. The van der Waals surface area contributed by atoms with Crippen molar-refractivity contribution in [2.45, 2.75) is 6.92 Å². The van der Waals surface area contributed by atoms with E-state index in [0.717, 1.165) is 0 Å². The highest BCUT2D eigenvalue weighted by molar-refractivity contribution is 6.53. The molecule has 0 aliphatic rings. The van der Waals surface area contributed by atoms with E-state index in [1.165, 1.54) is 12.1 Å². The van der Waals surface area contributed by atoms with Crippen molar-refractivity contribution in [3.05, 3.63) is 69.5 Å². The maximum Gasteiger partial charge on any atom is 0.269 e. The van der Waals surface area contributed by atoms with Crippen molar-refractivity contribution in [2.24, 2.45) is 0 Å². The van der Waals surface area contributed by atoms with Crippen molar-refractivity contribution in [2.75, 3.05) is 0 Å². The minimum atomic E-state index is -0.470. The van der Waals surface area contributed by atoms with Crippen LogP contribution >= 0.6 is 11.6 Å². The van der Waals surface area contributed by atoms with Crippen LogP contribution < -0.4 is 0 Å². The molecule has 0 spiro atoms. The topological polar surface area (TPSA) is 79.8 Å². The van der Waals surface area contributed by atoms with E-state index in [4.69, 9.17) is 11.6 Å². The van der Waals surface area contributed by atoms with Gasteiger partial charge in [-0.1, -0.05) is 11.6 Å². The van der Waals surface area contributed by atoms with Crippen LogP contribution in [0.3, 0.4) is 0 Å². The third kappa shape index (κ3) is 3.07. The Bertz CT molecular complexity index is 764. The van der Waals surface area contributed by atoms with E-state index in [0.29, 0.717) is 22.3 Å². The number of aryl methyl sites for hydroxylation is 1. The van der Waals surface area contributed by atoms with E-state index in [1.54, 1.807) is 37.5 Å². The van der Waals surface area contributed by atoms with Gasteiger partial charge in [-0.3, -0.25) is 15.1 Å². The van der Waals surface area contributed by atoms with E-state index in [9.17, 15) is 15.4 Å². The predicted octanol–water partition coefficient (Wildman–Crippen LogP) is 3.93. The lowest BCUT2D eigenvalue weighted by Gasteiger charge is -2.07. The summed E-state index contributed by atoms with van der Waals surface area (Å²) < 4.78 is 0. The highest BCUT2D eigenvalue weighted by Gasteiger charge is 2.14. The zero-order chi connectivity index (χ0) is 15.4. The molecular weight excluding hydrogens is 290 g/mol. The van der Waals surface area contributed by atoms with Gasteiger partial charge in [-0.05, 0) is 41.8 Å². The van der Waals surface area contributed by atoms with Gasteiger partial charge in [-0.2, -0.15) is 5.26 Å². The van der Waals surface area contributed by atoms with Crippen molar-refractivity contribution in [1.82, 2.24) is 4.98 Å². The van der Waals surface area contributed by atoms with Gasteiger partial charge in [0.05, 0.1) is 15.5 Å². The lowest BCUT2D eigenvalue weighted by atomic mass is 10.0. The molecule has 1 aromatic heterocycles. The van der Waals surface area contributed by atoms with E-state index in [1.807, 2.05) is 0 Å². The molecule has 0 N–H and O–H groups in total. The van der Waals surface area contributed by atoms with Crippen molar-refractivity contribution in [3.63, 3.8) is 0 Å². The van der Waals surface area contributed by atoms with Crippen LogP contribution in [0.15, 0.2) is 42.7 Å². The first-order valence-corrected chi connectivity index (χ1v) is 6.38. The third-order valence-corrected chi connectivity index (χ3v) is 3.35. The number of allylic oxidation sites excluding steroid dienone is 1. The lowest BCUT2D eigenvalue weighted by molar-refractivity contribution is -0.384. The maximum atomic E-state index is 10.7. The molecule has 0 unspecified atom stereocenters. The summed E-state index contributed by atoms with van der Waals surface area (Å²) in [5.74, 6) is 0. The molecule has 0 amide bonds. The molecule has 0 aliphatic carbocycles. The first-order valence-electron chi connectivity index (χ1n) is 6.00. The number of non-ortho nitro benzene ring substituents is 1. The molecule has 0 aliphatic heterocycles. The Hall–Kier alpha value is -2.71. The Morgan fingerprint density at radius 2 is 2.00 bits per heavy atom. The Kier molecular flexibility index (Phi) is 4.31. The number of halogens is 1. The summed E-state index contributed by atoms with van der Waals surface area (Å²) >= 11 is 6.31. The van der Waals surface area contributed by atoms with Gasteiger partial charge in [0.2, 0.25) is 0 Å². The number of nitriles is 1. The van der Waals surface area contributed by atoms with E-state index in [2.05, 4.69) is 11.1 Å². The van der Waals surface area contributed by atoms with Crippen LogP contribution in [-0.4, -0.2) is 9.91 Å². The fourth-order valence-corrected chi connectivity index (χ4v) is 2.26. The number of rotatable bonds is 3. The molecule has 21 heavy (non-hydrogen) atoms. The zero-order valence-electron chi connectivity index (χ0n) is 11.1. The second-order valence-electron chi connectivity index (χ2n) is 4.29. The molecule has 0 saturated heterocycles. The van der Waals surface area contributed by atoms with Gasteiger partial charge in [0.25, 0.3) is 5.69 Å². The summed E-state index contributed by atoms with van der Waals surface area (Å²) in [6, 6.07) is 9.78. The van der Waals surface area contributed by atoms with E-state index in [-0.39, 0.29) is 10.7 Å². The van der Waals surface area contributed by atoms with E-state index < -0.39 is 4.92 Å². The van der Waals surface area contributed by atoms with Crippen molar-refractivity contribution < 1.29 is 4.92 Å². The second-order valence-corrected chi connectivity index (χ2v) is 4.67. The molecule has 0 atom stereocenters. The Morgan fingerprint density at radius 1 is 1.33 bits per heavy atom. The molecule has 2 aromatic rings. The number of pyridine rings is 1. The highest BCUT2D eigenvalue weighted by Crippen LogP contribution is 2.32. The van der Waals surface area contributed by atoms with Crippen LogP contribution in [0.25, 0.3) is 10.6 Å². The number of aromatic nitrogens is 1. The largest absolute Gasteiger partial charge is 0.269 e. The maximum absolute atomic E-state index is 10.7. The molecule has 0 radical (unpaired) electrons. The van der Waals surface area contributed by atoms with Crippen LogP contribution in [0.2, 0.25) is 0 Å². The molecule has 0 saturated carbocycles. The molecule has 1 heterocycles. The van der Waals surface area contributed by atoms with Crippen LogP contribution in [0.5, 0.6) is 0 Å². The van der Waals surface area contributed by atoms with Gasteiger partial charge in [-0.15, -0.1) is 0 Å². The number of nitro groups is 1. The van der Waals surface area contributed by atoms with Crippen LogP contribution in [0.1, 0.15) is 16.7 Å². The van der Waals surface area contributed by atoms with Crippen LogP contribution in [0.4, 0.5) is 5.69 Å². The van der Waals surface area contributed by atoms with Crippen LogP contribution in [-0.2, 0) is 0 Å². The molecule has 2 rings (SSSR count). The number of benzene rings is 1. The molecule has 6 heteroatoms. The van der Waals surface area contributed by atoms with Gasteiger partial charge in [0.15, 0.2) is 0 Å². The fraction of sp³-hybridized carbons (Fsp3) is 0.0667. The van der Waals surface area contributed by atoms with Gasteiger partial charge >= 0.3 is 0 Å². The minimum absolute atomic E-state index is 0.0110. The quantitative estimate of drug-likeness (QED) is 0.488. The Balaban J connectivity index is 2.57. The number of nitro benzene ring substituents is 1. The number of hydrogen-bond acceptors (Lipinski definition) is 4. The summed E-state index contributed by atoms with van der Waals surface area (Å²) in [7, 11) is 0. The molecule has 5 nitrogen and oxygen atoms in total. The summed E-state index contributed by atoms with van der Waals surface area (Å²) in [6.45, 7) is 1.71. The average Bonchev–Trinajstić information content (AvgIpc) is 2.48. The first-order chi connectivity index (χ1) is 10.0. The Labute approximate surface area is 126 Å². The van der Waals surface area contributed by atoms with E-state index >= 15 is 0 Å². The third-order valence-electron chi connectivity index (χ3n) is 2.96. The molecular formula is C15H10ClN3O2. The SMILES string of the molecule is Cc1cc([N+](=O)[O-])ccc1/C(Cl)=C(/C#N)c1ccncc1. The Morgan fingerprint density at radius 3 is 2.52 bits per heavy atom. The first kappa shape index (κ1) is 14.7. The summed E-state index contributed by atoms with van der Waals surface area (Å²) in [4.78, 5) is 14.2. The standard InChI is InChI=1S/C15H10ClN3O2/c1-10-8-12(19(20)21)2-3-13(10)15(16)14(9-17)11-4-6-18-7-5-11/h2-8H,1H3/b15-14+. The van der Waals surface area contributed by atoms with Crippen LogP contribution in [0, 0.1) is 28.4 Å². The van der Waals surface area contributed by atoms with Gasteiger partial charge < -0.3 is 0 Å². The fourth-order valence-electron chi connectivity index (χ4n) is 1.90. The molecule has 1 aromatic carbocycles. The second kappa shape index (κ2) is 6.16. The van der Waals surface area contributed by atoms with Crippen molar-refractivity contribution >= 4 is 27.9 Å². The zero-order valence-corrected chi connectivity index (χ0v) is 11.8. The summed E-state index contributed by atoms with van der Waals surface area (Å²) in [6.07, 6.45) is 3.14. The molecule has 0 bridgehead atoms. The minimum Gasteiger partial charge on any atom is -0.265 e.